The predicted molar refractivity (Wildman–Crippen MR) is 208 cm³/mol. The molecule has 0 saturated carbocycles. The zero-order chi connectivity index (χ0) is 31.9. The van der Waals surface area contributed by atoms with Gasteiger partial charge in [0.15, 0.2) is 0 Å². The molecule has 0 fully saturated rings. The zero-order valence-corrected chi connectivity index (χ0v) is 27.1. The quantitative estimate of drug-likeness (QED) is 0.177. The summed E-state index contributed by atoms with van der Waals surface area (Å²) < 4.78 is 2.62. The SMILES string of the molecule is c1ccc(-c2ccc(N(c3ccc(-c4ccccc4)cc3)c3cccc4cc(-c5ccccc5)c5c6ccccc6sc5c34)cc2)cc1. The first-order valence-electron chi connectivity index (χ1n) is 16.4. The maximum atomic E-state index is 2.43. The van der Waals surface area contributed by atoms with Gasteiger partial charge in [0.05, 0.1) is 5.69 Å². The Balaban J connectivity index is 1.30. The van der Waals surface area contributed by atoms with Crippen molar-refractivity contribution in [2.24, 2.45) is 0 Å². The van der Waals surface area contributed by atoms with Gasteiger partial charge in [-0.25, -0.2) is 0 Å². The minimum absolute atomic E-state index is 1.12. The molecule has 0 saturated heterocycles. The highest BCUT2D eigenvalue weighted by molar-refractivity contribution is 7.26. The molecular formula is C46H31NS. The molecule has 0 spiro atoms. The van der Waals surface area contributed by atoms with Gasteiger partial charge in [-0.05, 0) is 81.2 Å². The normalized spacial score (nSPS) is 11.3. The number of hydrogen-bond acceptors (Lipinski definition) is 2. The molecule has 1 aromatic heterocycles. The standard InChI is InChI=1S/C46H31NS/c1-4-13-32(14-5-1)34-23-27-38(28-24-34)47(39-29-25-35(26-30-39)33-15-6-2-7-16-33)42-21-12-19-37-31-41(36-17-8-3-9-18-36)45-40-20-10-11-22-43(40)48-46(45)44(37)42/h1-31H. The fourth-order valence-electron chi connectivity index (χ4n) is 6.97. The van der Waals surface area contributed by atoms with Crippen LogP contribution in [0.5, 0.6) is 0 Å². The molecule has 0 radical (unpaired) electrons. The van der Waals surface area contributed by atoms with Gasteiger partial charge in [0, 0.05) is 36.9 Å². The topological polar surface area (TPSA) is 3.24 Å². The van der Waals surface area contributed by atoms with Crippen molar-refractivity contribution in [3.63, 3.8) is 0 Å². The molecule has 0 N–H and O–H groups in total. The van der Waals surface area contributed by atoms with Crippen LogP contribution < -0.4 is 4.90 Å². The van der Waals surface area contributed by atoms with E-state index in [0.29, 0.717) is 0 Å². The van der Waals surface area contributed by atoms with Crippen LogP contribution in [0.25, 0.3) is 64.3 Å². The fourth-order valence-corrected chi connectivity index (χ4v) is 8.26. The molecule has 48 heavy (non-hydrogen) atoms. The van der Waals surface area contributed by atoms with E-state index in [-0.39, 0.29) is 0 Å². The van der Waals surface area contributed by atoms with Crippen molar-refractivity contribution in [2.75, 3.05) is 4.90 Å². The molecule has 0 unspecified atom stereocenters. The maximum Gasteiger partial charge on any atom is 0.0554 e. The van der Waals surface area contributed by atoms with Crippen molar-refractivity contribution in [2.45, 2.75) is 0 Å². The number of nitrogens with zero attached hydrogens (tertiary/aromatic N) is 1. The summed E-state index contributed by atoms with van der Waals surface area (Å²) in [6.07, 6.45) is 0. The monoisotopic (exact) mass is 629 g/mol. The molecule has 0 aliphatic rings. The largest absolute Gasteiger partial charge is 0.310 e. The second-order valence-corrected chi connectivity index (χ2v) is 13.2. The number of rotatable bonds is 6. The van der Waals surface area contributed by atoms with Gasteiger partial charge in [-0.2, -0.15) is 0 Å². The Bertz CT molecular complexity index is 2430. The summed E-state index contributed by atoms with van der Waals surface area (Å²) in [5.74, 6) is 0. The number of hydrogen-bond donors (Lipinski definition) is 0. The smallest absolute Gasteiger partial charge is 0.0554 e. The number of thiophene rings is 1. The molecule has 226 valence electrons. The van der Waals surface area contributed by atoms with E-state index >= 15 is 0 Å². The molecule has 9 rings (SSSR count). The average molecular weight is 630 g/mol. The van der Waals surface area contributed by atoms with Gasteiger partial charge in [0.2, 0.25) is 0 Å². The minimum Gasteiger partial charge on any atom is -0.310 e. The van der Waals surface area contributed by atoms with E-state index in [2.05, 4.69) is 193 Å². The third-order valence-electron chi connectivity index (χ3n) is 9.26. The van der Waals surface area contributed by atoms with Gasteiger partial charge in [-0.1, -0.05) is 146 Å². The van der Waals surface area contributed by atoms with E-state index in [1.54, 1.807) is 0 Å². The second kappa shape index (κ2) is 12.0. The maximum absolute atomic E-state index is 2.43. The Morgan fingerprint density at radius 2 is 0.875 bits per heavy atom. The summed E-state index contributed by atoms with van der Waals surface area (Å²) >= 11 is 1.89. The molecule has 1 heterocycles. The molecule has 2 heteroatoms. The number of anilines is 3. The molecule has 1 nitrogen and oxygen atoms in total. The van der Waals surface area contributed by atoms with E-state index < -0.39 is 0 Å². The van der Waals surface area contributed by atoms with Crippen LogP contribution in [-0.4, -0.2) is 0 Å². The van der Waals surface area contributed by atoms with Crippen LogP contribution in [0.3, 0.4) is 0 Å². The van der Waals surface area contributed by atoms with E-state index in [4.69, 9.17) is 0 Å². The highest BCUT2D eigenvalue weighted by atomic mass is 32.1. The van der Waals surface area contributed by atoms with Crippen LogP contribution in [0.2, 0.25) is 0 Å². The van der Waals surface area contributed by atoms with Gasteiger partial charge < -0.3 is 4.90 Å². The van der Waals surface area contributed by atoms with Crippen molar-refractivity contribution in [1.29, 1.82) is 0 Å². The molecule has 0 amide bonds. The van der Waals surface area contributed by atoms with Crippen LogP contribution in [0, 0.1) is 0 Å². The molecule has 0 atom stereocenters. The summed E-state index contributed by atoms with van der Waals surface area (Å²) in [6, 6.07) is 68.0. The van der Waals surface area contributed by atoms with E-state index in [0.717, 1.165) is 11.4 Å². The lowest BCUT2D eigenvalue weighted by Crippen LogP contribution is -2.10. The van der Waals surface area contributed by atoms with Crippen LogP contribution in [0.4, 0.5) is 17.1 Å². The van der Waals surface area contributed by atoms with E-state index in [9.17, 15) is 0 Å². The molecule has 0 aliphatic heterocycles. The third kappa shape index (κ3) is 4.95. The lowest BCUT2D eigenvalue weighted by molar-refractivity contribution is 1.30. The van der Waals surface area contributed by atoms with Crippen molar-refractivity contribution < 1.29 is 0 Å². The van der Waals surface area contributed by atoms with Gasteiger partial charge >= 0.3 is 0 Å². The minimum atomic E-state index is 1.12. The summed E-state index contributed by atoms with van der Waals surface area (Å²) in [5.41, 5.74) is 10.8. The average Bonchev–Trinajstić information content (AvgIpc) is 3.56. The summed E-state index contributed by atoms with van der Waals surface area (Å²) in [5, 5.41) is 5.13. The Morgan fingerprint density at radius 3 is 1.46 bits per heavy atom. The van der Waals surface area contributed by atoms with Crippen molar-refractivity contribution in [3.05, 3.63) is 188 Å². The van der Waals surface area contributed by atoms with Gasteiger partial charge in [0.25, 0.3) is 0 Å². The van der Waals surface area contributed by atoms with Crippen molar-refractivity contribution in [1.82, 2.24) is 0 Å². The number of benzene rings is 8. The molecular weight excluding hydrogens is 599 g/mol. The second-order valence-electron chi connectivity index (χ2n) is 12.1. The van der Waals surface area contributed by atoms with E-state index in [1.165, 1.54) is 70.0 Å². The highest BCUT2D eigenvalue weighted by Crippen LogP contribution is 2.49. The molecule has 8 aromatic carbocycles. The van der Waals surface area contributed by atoms with Crippen LogP contribution in [0.15, 0.2) is 188 Å². The third-order valence-corrected chi connectivity index (χ3v) is 10.4. The molecule has 9 aromatic rings. The molecule has 0 bridgehead atoms. The Kier molecular flexibility index (Phi) is 7.07. The first-order valence-corrected chi connectivity index (χ1v) is 17.2. The van der Waals surface area contributed by atoms with E-state index in [1.807, 2.05) is 11.3 Å². The lowest BCUT2D eigenvalue weighted by atomic mass is 9.94. The fraction of sp³-hybridized carbons (Fsp3) is 0. The van der Waals surface area contributed by atoms with Crippen LogP contribution >= 0.6 is 11.3 Å². The van der Waals surface area contributed by atoms with Gasteiger partial charge in [-0.15, -0.1) is 11.3 Å². The first-order chi connectivity index (χ1) is 23.8. The zero-order valence-electron chi connectivity index (χ0n) is 26.3. The Hall–Kier alpha value is -5.96. The first kappa shape index (κ1) is 28.3. The Labute approximate surface area is 284 Å². The van der Waals surface area contributed by atoms with Gasteiger partial charge in [0.1, 0.15) is 0 Å². The summed E-state index contributed by atoms with van der Waals surface area (Å²) in [4.78, 5) is 2.43. The summed E-state index contributed by atoms with van der Waals surface area (Å²) in [6.45, 7) is 0. The number of fused-ring (bicyclic) bond motifs is 5. The molecule has 0 aliphatic carbocycles. The van der Waals surface area contributed by atoms with Crippen molar-refractivity contribution >= 4 is 59.3 Å². The predicted octanol–water partition coefficient (Wildman–Crippen LogP) is 13.7. The lowest BCUT2D eigenvalue weighted by Gasteiger charge is -2.28. The highest BCUT2D eigenvalue weighted by Gasteiger charge is 2.21. The van der Waals surface area contributed by atoms with Gasteiger partial charge in [-0.3, -0.25) is 0 Å². The Morgan fingerprint density at radius 1 is 0.375 bits per heavy atom. The summed E-state index contributed by atoms with van der Waals surface area (Å²) in [7, 11) is 0. The van der Waals surface area contributed by atoms with Crippen molar-refractivity contribution in [3.8, 4) is 33.4 Å². The van der Waals surface area contributed by atoms with Crippen LogP contribution in [0.1, 0.15) is 0 Å². The van der Waals surface area contributed by atoms with Crippen LogP contribution in [-0.2, 0) is 0 Å².